The Kier molecular flexibility index (Phi) is 5.33. The summed E-state index contributed by atoms with van der Waals surface area (Å²) >= 11 is 0. The molecule has 1 aliphatic rings. The Balaban J connectivity index is 1.82. The summed E-state index contributed by atoms with van der Waals surface area (Å²) in [7, 11) is -2.07. The molecule has 1 aromatic carbocycles. The average molecular weight is 391 g/mol. The highest BCUT2D eigenvalue weighted by Crippen LogP contribution is 2.23. The number of primary amides is 1. The van der Waals surface area contributed by atoms with Crippen molar-refractivity contribution in [3.05, 3.63) is 47.8 Å². The molecule has 2 heterocycles. The Bertz CT molecular complexity index is 975. The molecule has 2 N–H and O–H groups in total. The van der Waals surface area contributed by atoms with Crippen LogP contribution in [-0.4, -0.2) is 42.3 Å². The van der Waals surface area contributed by atoms with Gasteiger partial charge in [-0.3, -0.25) is 4.79 Å². The lowest BCUT2D eigenvalue weighted by Gasteiger charge is -2.25. The number of benzene rings is 1. The standard InChI is InChI=1S/C18H21N3O5S/c1-20-12-15(27(24,25)21-8-3-2-4-9-21)11-16(20)18(23)26-14-7-5-6-13(10-14)17(19)22/h5-7,10-12H,2-4,8-9H2,1H3,(H2,19,22). The van der Waals surface area contributed by atoms with Crippen LogP contribution in [-0.2, 0) is 17.1 Å². The Labute approximate surface area is 157 Å². The number of rotatable bonds is 5. The third kappa shape index (κ3) is 4.04. The molecule has 0 spiro atoms. The van der Waals surface area contributed by atoms with E-state index in [-0.39, 0.29) is 21.9 Å². The minimum atomic E-state index is -3.64. The van der Waals surface area contributed by atoms with Crippen LogP contribution in [0.4, 0.5) is 0 Å². The maximum Gasteiger partial charge on any atom is 0.360 e. The van der Waals surface area contributed by atoms with Gasteiger partial charge in [0.05, 0.1) is 0 Å². The first-order chi connectivity index (χ1) is 12.8. The number of hydrogen-bond acceptors (Lipinski definition) is 5. The summed E-state index contributed by atoms with van der Waals surface area (Å²) in [4.78, 5) is 23.8. The molecule has 0 bridgehead atoms. The number of piperidine rings is 1. The number of aryl methyl sites for hydroxylation is 1. The van der Waals surface area contributed by atoms with Gasteiger partial charge in [-0.15, -0.1) is 0 Å². The monoisotopic (exact) mass is 391 g/mol. The number of esters is 1. The van der Waals surface area contributed by atoms with Crippen LogP contribution >= 0.6 is 0 Å². The van der Waals surface area contributed by atoms with E-state index in [0.29, 0.717) is 13.1 Å². The first-order valence-electron chi connectivity index (χ1n) is 8.57. The number of aromatic nitrogens is 1. The van der Waals surface area contributed by atoms with E-state index in [9.17, 15) is 18.0 Å². The Morgan fingerprint density at radius 2 is 1.81 bits per heavy atom. The minimum absolute atomic E-state index is 0.0599. The third-order valence-corrected chi connectivity index (χ3v) is 6.33. The molecule has 8 nitrogen and oxygen atoms in total. The van der Waals surface area contributed by atoms with Crippen LogP contribution in [0.5, 0.6) is 5.75 Å². The SMILES string of the molecule is Cn1cc(S(=O)(=O)N2CCCCC2)cc1C(=O)Oc1cccc(C(N)=O)c1. The third-order valence-electron chi connectivity index (χ3n) is 4.47. The van der Waals surface area contributed by atoms with Crippen molar-refractivity contribution in [3.63, 3.8) is 0 Å². The van der Waals surface area contributed by atoms with E-state index < -0.39 is 21.9 Å². The second kappa shape index (κ2) is 7.53. The molecule has 0 unspecified atom stereocenters. The Morgan fingerprint density at radius 1 is 1.11 bits per heavy atom. The number of carbonyl (C=O) groups excluding carboxylic acids is 2. The van der Waals surface area contributed by atoms with Crippen LogP contribution in [0, 0.1) is 0 Å². The van der Waals surface area contributed by atoms with Crippen LogP contribution in [0.1, 0.15) is 40.1 Å². The first kappa shape index (κ1) is 19.1. The van der Waals surface area contributed by atoms with E-state index in [2.05, 4.69) is 0 Å². The smallest absolute Gasteiger partial charge is 0.360 e. The highest BCUT2D eigenvalue weighted by atomic mass is 32.2. The first-order valence-corrected chi connectivity index (χ1v) is 10.0. The molecule has 0 aliphatic carbocycles. The van der Waals surface area contributed by atoms with Crippen molar-refractivity contribution in [3.8, 4) is 5.75 Å². The summed E-state index contributed by atoms with van der Waals surface area (Å²) in [5.41, 5.74) is 5.52. The molecular weight excluding hydrogens is 370 g/mol. The van der Waals surface area contributed by atoms with Crippen LogP contribution in [0.25, 0.3) is 0 Å². The van der Waals surface area contributed by atoms with Crippen LogP contribution in [0.15, 0.2) is 41.4 Å². The topological polar surface area (TPSA) is 112 Å². The average Bonchev–Trinajstić information content (AvgIpc) is 3.05. The second-order valence-electron chi connectivity index (χ2n) is 6.42. The van der Waals surface area contributed by atoms with Gasteiger partial charge in [-0.1, -0.05) is 12.5 Å². The zero-order valence-corrected chi connectivity index (χ0v) is 15.7. The molecule has 0 saturated carbocycles. The van der Waals surface area contributed by atoms with Gasteiger partial charge in [-0.2, -0.15) is 4.31 Å². The largest absolute Gasteiger partial charge is 0.422 e. The highest BCUT2D eigenvalue weighted by molar-refractivity contribution is 7.89. The van der Waals surface area contributed by atoms with Crippen LogP contribution in [0.2, 0.25) is 0 Å². The van der Waals surface area contributed by atoms with E-state index in [1.54, 1.807) is 13.1 Å². The van der Waals surface area contributed by atoms with Gasteiger partial charge in [0.15, 0.2) is 0 Å². The molecule has 1 amide bonds. The lowest BCUT2D eigenvalue weighted by atomic mass is 10.2. The summed E-state index contributed by atoms with van der Waals surface area (Å²) < 4.78 is 33.6. The van der Waals surface area contributed by atoms with Crippen molar-refractivity contribution in [2.24, 2.45) is 12.8 Å². The molecule has 0 atom stereocenters. The maximum atomic E-state index is 12.8. The number of amides is 1. The number of nitrogens with zero attached hydrogens (tertiary/aromatic N) is 2. The van der Waals surface area contributed by atoms with Gasteiger partial charge in [-0.25, -0.2) is 13.2 Å². The van der Waals surface area contributed by atoms with Gasteiger partial charge in [0.1, 0.15) is 16.3 Å². The maximum absolute atomic E-state index is 12.8. The number of sulfonamides is 1. The van der Waals surface area contributed by atoms with Crippen molar-refractivity contribution >= 4 is 21.9 Å². The summed E-state index contributed by atoms with van der Waals surface area (Å²) in [6.07, 6.45) is 4.08. The number of ether oxygens (including phenoxy) is 1. The van der Waals surface area contributed by atoms with Gasteiger partial charge in [0.2, 0.25) is 15.9 Å². The molecule has 0 radical (unpaired) electrons. The normalized spacial score (nSPS) is 15.4. The van der Waals surface area contributed by atoms with Gasteiger partial charge in [-0.05, 0) is 37.1 Å². The fourth-order valence-corrected chi connectivity index (χ4v) is 4.59. The van der Waals surface area contributed by atoms with Crippen molar-refractivity contribution in [2.45, 2.75) is 24.2 Å². The zero-order chi connectivity index (χ0) is 19.6. The van der Waals surface area contributed by atoms with Crippen molar-refractivity contribution in [2.75, 3.05) is 13.1 Å². The van der Waals surface area contributed by atoms with Gasteiger partial charge < -0.3 is 15.0 Å². The summed E-state index contributed by atoms with van der Waals surface area (Å²) in [5, 5.41) is 0. The van der Waals surface area contributed by atoms with Gasteiger partial charge in [0.25, 0.3) is 0 Å². The van der Waals surface area contributed by atoms with Crippen LogP contribution < -0.4 is 10.5 Å². The molecule has 27 heavy (non-hydrogen) atoms. The molecule has 3 rings (SSSR count). The molecule has 1 saturated heterocycles. The lowest BCUT2D eigenvalue weighted by molar-refractivity contribution is 0.0723. The predicted octanol–water partition coefficient (Wildman–Crippen LogP) is 1.52. The van der Waals surface area contributed by atoms with Crippen molar-refractivity contribution in [1.82, 2.24) is 8.87 Å². The summed E-state index contributed by atoms with van der Waals surface area (Å²) in [6, 6.07) is 7.23. The molecule has 1 aliphatic heterocycles. The van der Waals surface area contributed by atoms with E-state index >= 15 is 0 Å². The molecule has 1 aromatic heterocycles. The number of hydrogen-bond donors (Lipinski definition) is 1. The van der Waals surface area contributed by atoms with Gasteiger partial charge in [0, 0.05) is 31.9 Å². The molecule has 9 heteroatoms. The summed E-state index contributed by atoms with van der Waals surface area (Å²) in [5.74, 6) is -1.21. The zero-order valence-electron chi connectivity index (χ0n) is 14.9. The van der Waals surface area contributed by atoms with Gasteiger partial charge >= 0.3 is 5.97 Å². The fourth-order valence-electron chi connectivity index (χ4n) is 3.00. The van der Waals surface area contributed by atoms with E-state index in [0.717, 1.165) is 19.3 Å². The minimum Gasteiger partial charge on any atom is -0.422 e. The second-order valence-corrected chi connectivity index (χ2v) is 8.36. The molecule has 144 valence electrons. The van der Waals surface area contributed by atoms with E-state index in [1.165, 1.54) is 39.3 Å². The summed E-state index contributed by atoms with van der Waals surface area (Å²) in [6.45, 7) is 0.966. The quantitative estimate of drug-likeness (QED) is 0.613. The highest BCUT2D eigenvalue weighted by Gasteiger charge is 2.28. The Morgan fingerprint density at radius 3 is 2.48 bits per heavy atom. The Hall–Kier alpha value is -2.65. The van der Waals surface area contributed by atoms with E-state index in [1.807, 2.05) is 0 Å². The lowest BCUT2D eigenvalue weighted by Crippen LogP contribution is -2.35. The fraction of sp³-hybridized carbons (Fsp3) is 0.333. The molecule has 2 aromatic rings. The molecule has 1 fully saturated rings. The molecular formula is C18H21N3O5S. The number of carbonyl (C=O) groups is 2. The van der Waals surface area contributed by atoms with Crippen molar-refractivity contribution in [1.29, 1.82) is 0 Å². The van der Waals surface area contributed by atoms with Crippen LogP contribution in [0.3, 0.4) is 0 Å². The van der Waals surface area contributed by atoms with E-state index in [4.69, 9.17) is 10.5 Å². The number of nitrogens with two attached hydrogens (primary N) is 1. The van der Waals surface area contributed by atoms with Crippen molar-refractivity contribution < 1.29 is 22.7 Å². The predicted molar refractivity (Wildman–Crippen MR) is 97.9 cm³/mol.